The van der Waals surface area contributed by atoms with Crippen molar-refractivity contribution in [3.8, 4) is 0 Å². The maximum absolute atomic E-state index is 10.9. The highest BCUT2D eigenvalue weighted by Gasteiger charge is 2.04. The van der Waals surface area contributed by atoms with Crippen LogP contribution in [0.2, 0.25) is 0 Å². The van der Waals surface area contributed by atoms with Gasteiger partial charge in [-0.25, -0.2) is 0 Å². The minimum Gasteiger partial charge on any atom is -0.377 e. The van der Waals surface area contributed by atoms with Gasteiger partial charge in [-0.05, 0) is 12.0 Å². The first-order valence-electron chi connectivity index (χ1n) is 4.35. The molecule has 0 bridgehead atoms. The Hall–Kier alpha value is -0.830. The summed E-state index contributed by atoms with van der Waals surface area (Å²) in [6.07, 6.45) is 3.66. The van der Waals surface area contributed by atoms with Crippen molar-refractivity contribution < 1.29 is 9.53 Å². The summed E-state index contributed by atoms with van der Waals surface area (Å²) in [5, 5.41) is 2.81. The predicted octanol–water partition coefficient (Wildman–Crippen LogP) is 0.859. The molecule has 0 saturated carbocycles. The van der Waals surface area contributed by atoms with Crippen LogP contribution >= 0.6 is 0 Å². The minimum absolute atomic E-state index is 0.0986. The van der Waals surface area contributed by atoms with Gasteiger partial charge in [-0.15, -0.1) is 0 Å². The molecule has 12 heavy (non-hydrogen) atoms. The number of nitrogens with one attached hydrogen (secondary N) is 1. The fraction of sp³-hybridized carbons (Fsp3) is 0.667. The van der Waals surface area contributed by atoms with Crippen LogP contribution in [0, 0.1) is 0 Å². The molecular weight excluding hydrogens is 154 g/mol. The second-order valence-electron chi connectivity index (χ2n) is 2.83. The van der Waals surface area contributed by atoms with E-state index in [9.17, 15) is 4.79 Å². The summed E-state index contributed by atoms with van der Waals surface area (Å²) in [4.78, 5) is 10.9. The molecule has 0 aliphatic carbocycles. The average Bonchev–Trinajstić information content (AvgIpc) is 2.16. The molecule has 1 heterocycles. The van der Waals surface area contributed by atoms with E-state index < -0.39 is 0 Å². The topological polar surface area (TPSA) is 38.3 Å². The highest BCUT2D eigenvalue weighted by molar-refractivity contribution is 5.75. The molecular formula is C9H15NO2. The van der Waals surface area contributed by atoms with Gasteiger partial charge in [0.15, 0.2) is 0 Å². The zero-order chi connectivity index (χ0) is 8.81. The lowest BCUT2D eigenvalue weighted by Crippen LogP contribution is -2.26. The molecule has 1 N–H and O–H groups in total. The number of rotatable bonds is 3. The fourth-order valence-corrected chi connectivity index (χ4v) is 1.07. The molecule has 3 heteroatoms. The van der Waals surface area contributed by atoms with Crippen molar-refractivity contribution >= 4 is 5.91 Å². The zero-order valence-electron chi connectivity index (χ0n) is 7.43. The number of carbonyl (C=O) groups is 1. The Morgan fingerprint density at radius 2 is 2.58 bits per heavy atom. The standard InChI is InChI=1S/C9H15NO2/c1-2-9(11)10-6-8-4-3-5-12-7-8/h4H,2-3,5-7H2,1H3,(H,10,11). The number of amides is 1. The van der Waals surface area contributed by atoms with Crippen molar-refractivity contribution in [1.29, 1.82) is 0 Å². The van der Waals surface area contributed by atoms with Crippen LogP contribution in [0.5, 0.6) is 0 Å². The lowest BCUT2D eigenvalue weighted by atomic mass is 10.2. The molecule has 68 valence electrons. The number of carbonyl (C=O) groups excluding carboxylic acids is 1. The van der Waals surface area contributed by atoms with Crippen LogP contribution in [-0.4, -0.2) is 25.7 Å². The molecule has 1 aliphatic heterocycles. The molecule has 0 radical (unpaired) electrons. The van der Waals surface area contributed by atoms with Gasteiger partial charge >= 0.3 is 0 Å². The van der Waals surface area contributed by atoms with Gasteiger partial charge in [0.1, 0.15) is 0 Å². The Bertz CT molecular complexity index is 187. The van der Waals surface area contributed by atoms with Crippen LogP contribution in [0.3, 0.4) is 0 Å². The van der Waals surface area contributed by atoms with E-state index in [2.05, 4.69) is 11.4 Å². The Morgan fingerprint density at radius 1 is 1.75 bits per heavy atom. The highest BCUT2D eigenvalue weighted by Crippen LogP contribution is 2.03. The molecule has 1 amide bonds. The number of hydrogen-bond donors (Lipinski definition) is 1. The smallest absolute Gasteiger partial charge is 0.219 e. The van der Waals surface area contributed by atoms with Crippen LogP contribution in [0.4, 0.5) is 0 Å². The molecule has 0 atom stereocenters. The Balaban J connectivity index is 2.21. The molecule has 0 saturated heterocycles. The molecule has 3 nitrogen and oxygen atoms in total. The second-order valence-corrected chi connectivity index (χ2v) is 2.83. The summed E-state index contributed by atoms with van der Waals surface area (Å²) < 4.78 is 5.23. The molecule has 1 aliphatic rings. The van der Waals surface area contributed by atoms with Crippen LogP contribution < -0.4 is 5.32 Å². The zero-order valence-corrected chi connectivity index (χ0v) is 7.43. The van der Waals surface area contributed by atoms with Gasteiger partial charge in [0, 0.05) is 13.0 Å². The van der Waals surface area contributed by atoms with E-state index in [1.54, 1.807) is 0 Å². The van der Waals surface area contributed by atoms with E-state index in [1.807, 2.05) is 6.92 Å². The molecule has 0 unspecified atom stereocenters. The molecule has 0 aromatic carbocycles. The second kappa shape index (κ2) is 4.93. The molecule has 1 rings (SSSR count). The van der Waals surface area contributed by atoms with Crippen LogP contribution in [0.25, 0.3) is 0 Å². The predicted molar refractivity (Wildman–Crippen MR) is 46.8 cm³/mol. The summed E-state index contributed by atoms with van der Waals surface area (Å²) in [5.74, 6) is 0.0986. The molecule has 0 spiro atoms. The van der Waals surface area contributed by atoms with Crippen molar-refractivity contribution in [2.24, 2.45) is 0 Å². The quantitative estimate of drug-likeness (QED) is 0.636. The van der Waals surface area contributed by atoms with Crippen LogP contribution in [-0.2, 0) is 9.53 Å². The monoisotopic (exact) mass is 169 g/mol. The fourth-order valence-electron chi connectivity index (χ4n) is 1.07. The Labute approximate surface area is 72.8 Å². The average molecular weight is 169 g/mol. The van der Waals surface area contributed by atoms with Crippen molar-refractivity contribution in [3.05, 3.63) is 11.6 Å². The Kier molecular flexibility index (Phi) is 3.80. The summed E-state index contributed by atoms with van der Waals surface area (Å²) in [7, 11) is 0. The summed E-state index contributed by atoms with van der Waals surface area (Å²) in [5.41, 5.74) is 1.18. The lowest BCUT2D eigenvalue weighted by molar-refractivity contribution is -0.120. The van der Waals surface area contributed by atoms with Gasteiger partial charge in [-0.2, -0.15) is 0 Å². The number of hydrogen-bond acceptors (Lipinski definition) is 2. The highest BCUT2D eigenvalue weighted by atomic mass is 16.5. The van der Waals surface area contributed by atoms with Gasteiger partial charge in [0.05, 0.1) is 13.2 Å². The van der Waals surface area contributed by atoms with Gasteiger partial charge in [-0.1, -0.05) is 13.0 Å². The summed E-state index contributed by atoms with van der Waals surface area (Å²) in [6.45, 7) is 3.98. The lowest BCUT2D eigenvalue weighted by Gasteiger charge is -2.13. The van der Waals surface area contributed by atoms with Crippen LogP contribution in [0.15, 0.2) is 11.6 Å². The van der Waals surface area contributed by atoms with Crippen molar-refractivity contribution in [2.45, 2.75) is 19.8 Å². The molecule has 0 aromatic rings. The molecule has 0 aromatic heterocycles. The van der Waals surface area contributed by atoms with E-state index in [0.717, 1.165) is 13.0 Å². The van der Waals surface area contributed by atoms with E-state index in [0.29, 0.717) is 19.6 Å². The molecule has 0 fully saturated rings. The van der Waals surface area contributed by atoms with Crippen molar-refractivity contribution in [1.82, 2.24) is 5.32 Å². The van der Waals surface area contributed by atoms with Gasteiger partial charge in [0.2, 0.25) is 5.91 Å². The third-order valence-corrected chi connectivity index (χ3v) is 1.82. The maximum atomic E-state index is 10.9. The first-order chi connectivity index (χ1) is 5.83. The Morgan fingerprint density at radius 3 is 3.17 bits per heavy atom. The van der Waals surface area contributed by atoms with Crippen molar-refractivity contribution in [2.75, 3.05) is 19.8 Å². The van der Waals surface area contributed by atoms with Crippen LogP contribution in [0.1, 0.15) is 19.8 Å². The minimum atomic E-state index is 0.0986. The summed E-state index contributed by atoms with van der Waals surface area (Å²) >= 11 is 0. The summed E-state index contributed by atoms with van der Waals surface area (Å²) in [6, 6.07) is 0. The third-order valence-electron chi connectivity index (χ3n) is 1.82. The largest absolute Gasteiger partial charge is 0.377 e. The normalized spacial score (nSPS) is 16.9. The third kappa shape index (κ3) is 3.05. The first-order valence-corrected chi connectivity index (χ1v) is 4.35. The van der Waals surface area contributed by atoms with Crippen molar-refractivity contribution in [3.63, 3.8) is 0 Å². The van der Waals surface area contributed by atoms with Gasteiger partial charge in [0.25, 0.3) is 0 Å². The van der Waals surface area contributed by atoms with Gasteiger partial charge < -0.3 is 10.1 Å². The van der Waals surface area contributed by atoms with E-state index in [1.165, 1.54) is 5.57 Å². The van der Waals surface area contributed by atoms with E-state index >= 15 is 0 Å². The first kappa shape index (κ1) is 9.26. The maximum Gasteiger partial charge on any atom is 0.219 e. The van der Waals surface area contributed by atoms with Gasteiger partial charge in [-0.3, -0.25) is 4.79 Å². The van der Waals surface area contributed by atoms with E-state index in [4.69, 9.17) is 4.74 Å². The SMILES string of the molecule is CCC(=O)NCC1=CCCOC1. The van der Waals surface area contributed by atoms with E-state index in [-0.39, 0.29) is 5.91 Å². The number of ether oxygens (including phenoxy) is 1.